The minimum atomic E-state index is -0.847. The van der Waals surface area contributed by atoms with E-state index in [-0.39, 0.29) is 6.54 Å². The van der Waals surface area contributed by atoms with Crippen LogP contribution >= 0.6 is 11.3 Å². The van der Waals surface area contributed by atoms with Gasteiger partial charge in [-0.05, 0) is 29.3 Å². The van der Waals surface area contributed by atoms with Crippen molar-refractivity contribution in [3.63, 3.8) is 0 Å². The molecule has 10 heavy (non-hydrogen) atoms. The van der Waals surface area contributed by atoms with Crippen molar-refractivity contribution in [2.45, 2.75) is 12.5 Å². The number of aliphatic hydroxyl groups is 1. The van der Waals surface area contributed by atoms with Crippen LogP contribution in [-0.4, -0.2) is 11.7 Å². The molecule has 0 fully saturated rings. The first kappa shape index (κ1) is 7.72. The molecule has 0 saturated carbocycles. The molecule has 0 saturated heterocycles. The topological polar surface area (TPSA) is 46.2 Å². The summed E-state index contributed by atoms with van der Waals surface area (Å²) >= 11 is 1.57. The molecule has 1 rings (SSSR count). The molecule has 56 valence electrons. The maximum absolute atomic E-state index is 9.57. The standard InChI is InChI=1S/C7H11NOS/c1-7(9,5-8)6-2-3-10-4-6/h2-4,9H,5,8H2,1H3/t7-/m1/s1. The van der Waals surface area contributed by atoms with E-state index >= 15 is 0 Å². The maximum Gasteiger partial charge on any atom is 0.0998 e. The zero-order valence-corrected chi connectivity index (χ0v) is 6.69. The summed E-state index contributed by atoms with van der Waals surface area (Å²) in [6.45, 7) is 1.98. The minimum absolute atomic E-state index is 0.268. The van der Waals surface area contributed by atoms with Crippen LogP contribution in [0, 0.1) is 0 Å². The van der Waals surface area contributed by atoms with Gasteiger partial charge in [-0.2, -0.15) is 11.3 Å². The number of hydrogen-bond acceptors (Lipinski definition) is 3. The quantitative estimate of drug-likeness (QED) is 0.670. The lowest BCUT2D eigenvalue weighted by Gasteiger charge is -2.19. The molecule has 1 atom stereocenters. The van der Waals surface area contributed by atoms with Gasteiger partial charge in [-0.25, -0.2) is 0 Å². The molecule has 0 radical (unpaired) electrons. The van der Waals surface area contributed by atoms with Gasteiger partial charge in [0.15, 0.2) is 0 Å². The molecule has 1 heterocycles. The Morgan fingerprint density at radius 1 is 1.80 bits per heavy atom. The fraction of sp³-hybridized carbons (Fsp3) is 0.429. The highest BCUT2D eigenvalue weighted by atomic mass is 32.1. The molecule has 0 amide bonds. The van der Waals surface area contributed by atoms with Gasteiger partial charge in [0.25, 0.3) is 0 Å². The molecule has 0 aliphatic rings. The third kappa shape index (κ3) is 1.37. The Hall–Kier alpha value is -0.380. The van der Waals surface area contributed by atoms with Crippen molar-refractivity contribution in [3.8, 4) is 0 Å². The smallest absolute Gasteiger partial charge is 0.0998 e. The molecule has 0 aliphatic carbocycles. The summed E-state index contributed by atoms with van der Waals surface area (Å²) in [5, 5.41) is 13.4. The molecule has 1 aromatic heterocycles. The number of thiophene rings is 1. The summed E-state index contributed by atoms with van der Waals surface area (Å²) in [7, 11) is 0. The van der Waals surface area contributed by atoms with Crippen molar-refractivity contribution in [3.05, 3.63) is 22.4 Å². The fourth-order valence-corrected chi connectivity index (χ4v) is 1.47. The van der Waals surface area contributed by atoms with Crippen molar-refractivity contribution < 1.29 is 5.11 Å². The Labute approximate surface area is 64.3 Å². The largest absolute Gasteiger partial charge is 0.384 e. The molecule has 1 aromatic rings. The van der Waals surface area contributed by atoms with Crippen LogP contribution in [0.25, 0.3) is 0 Å². The number of hydrogen-bond donors (Lipinski definition) is 2. The van der Waals surface area contributed by atoms with Gasteiger partial charge in [0.05, 0.1) is 5.60 Å². The lowest BCUT2D eigenvalue weighted by atomic mass is 10.0. The van der Waals surface area contributed by atoms with E-state index in [1.807, 2.05) is 16.8 Å². The van der Waals surface area contributed by atoms with Crippen molar-refractivity contribution in [2.24, 2.45) is 5.73 Å². The third-order valence-corrected chi connectivity index (χ3v) is 2.22. The van der Waals surface area contributed by atoms with Gasteiger partial charge in [0, 0.05) is 6.54 Å². The predicted molar refractivity (Wildman–Crippen MR) is 42.9 cm³/mol. The van der Waals surface area contributed by atoms with Gasteiger partial charge in [-0.15, -0.1) is 0 Å². The van der Waals surface area contributed by atoms with E-state index in [1.165, 1.54) is 0 Å². The van der Waals surface area contributed by atoms with Crippen LogP contribution in [0.5, 0.6) is 0 Å². The first-order valence-corrected chi connectivity index (χ1v) is 4.06. The Morgan fingerprint density at radius 2 is 2.50 bits per heavy atom. The highest BCUT2D eigenvalue weighted by Crippen LogP contribution is 2.20. The molecule has 3 heteroatoms. The van der Waals surface area contributed by atoms with Crippen LogP contribution in [0.15, 0.2) is 16.8 Å². The van der Waals surface area contributed by atoms with E-state index in [1.54, 1.807) is 18.3 Å². The molecule has 0 aliphatic heterocycles. The van der Waals surface area contributed by atoms with E-state index in [0.29, 0.717) is 0 Å². The number of rotatable bonds is 2. The molecular weight excluding hydrogens is 146 g/mol. The zero-order chi connectivity index (χ0) is 7.61. The highest BCUT2D eigenvalue weighted by molar-refractivity contribution is 7.08. The molecule has 0 spiro atoms. The average Bonchev–Trinajstić information content (AvgIpc) is 2.38. The summed E-state index contributed by atoms with van der Waals surface area (Å²) in [5.41, 5.74) is 5.41. The second kappa shape index (κ2) is 2.70. The Kier molecular flexibility index (Phi) is 2.08. The molecular formula is C7H11NOS. The predicted octanol–water partition coefficient (Wildman–Crippen LogP) is 0.914. The van der Waals surface area contributed by atoms with Crippen LogP contribution in [0.3, 0.4) is 0 Å². The van der Waals surface area contributed by atoms with Crippen molar-refractivity contribution in [1.29, 1.82) is 0 Å². The van der Waals surface area contributed by atoms with Crippen LogP contribution in [0.2, 0.25) is 0 Å². The van der Waals surface area contributed by atoms with Crippen LogP contribution in [-0.2, 0) is 5.60 Å². The Morgan fingerprint density at radius 3 is 2.90 bits per heavy atom. The lowest BCUT2D eigenvalue weighted by molar-refractivity contribution is 0.0673. The average molecular weight is 157 g/mol. The highest BCUT2D eigenvalue weighted by Gasteiger charge is 2.20. The van der Waals surface area contributed by atoms with Crippen LogP contribution < -0.4 is 5.73 Å². The summed E-state index contributed by atoms with van der Waals surface area (Å²) in [4.78, 5) is 0. The molecule has 2 nitrogen and oxygen atoms in total. The molecule has 0 bridgehead atoms. The number of nitrogens with two attached hydrogens (primary N) is 1. The van der Waals surface area contributed by atoms with Crippen molar-refractivity contribution >= 4 is 11.3 Å². The minimum Gasteiger partial charge on any atom is -0.384 e. The first-order chi connectivity index (χ1) is 4.67. The van der Waals surface area contributed by atoms with Crippen LogP contribution in [0.4, 0.5) is 0 Å². The first-order valence-electron chi connectivity index (χ1n) is 3.12. The van der Waals surface area contributed by atoms with E-state index < -0.39 is 5.60 Å². The van der Waals surface area contributed by atoms with E-state index in [2.05, 4.69) is 0 Å². The van der Waals surface area contributed by atoms with Gasteiger partial charge in [-0.3, -0.25) is 0 Å². The van der Waals surface area contributed by atoms with Crippen molar-refractivity contribution in [1.82, 2.24) is 0 Å². The molecule has 0 aromatic carbocycles. The lowest BCUT2D eigenvalue weighted by Crippen LogP contribution is -2.30. The Balaban J connectivity index is 2.85. The van der Waals surface area contributed by atoms with E-state index in [0.717, 1.165) is 5.56 Å². The molecule has 0 unspecified atom stereocenters. The SMILES string of the molecule is C[C@@](O)(CN)c1ccsc1. The van der Waals surface area contributed by atoms with Gasteiger partial charge >= 0.3 is 0 Å². The van der Waals surface area contributed by atoms with Gasteiger partial charge in [-0.1, -0.05) is 0 Å². The second-order valence-electron chi connectivity index (χ2n) is 2.49. The monoisotopic (exact) mass is 157 g/mol. The van der Waals surface area contributed by atoms with Gasteiger partial charge < -0.3 is 10.8 Å². The molecule has 3 N–H and O–H groups in total. The summed E-state index contributed by atoms with van der Waals surface area (Å²) < 4.78 is 0. The zero-order valence-electron chi connectivity index (χ0n) is 5.87. The summed E-state index contributed by atoms with van der Waals surface area (Å²) in [5.74, 6) is 0. The van der Waals surface area contributed by atoms with Gasteiger partial charge in [0.1, 0.15) is 0 Å². The van der Waals surface area contributed by atoms with Crippen molar-refractivity contribution in [2.75, 3.05) is 6.54 Å². The normalized spacial score (nSPS) is 16.7. The van der Waals surface area contributed by atoms with Crippen LogP contribution in [0.1, 0.15) is 12.5 Å². The summed E-state index contributed by atoms with van der Waals surface area (Å²) in [6.07, 6.45) is 0. The fourth-order valence-electron chi connectivity index (χ4n) is 0.689. The third-order valence-electron chi connectivity index (χ3n) is 1.54. The van der Waals surface area contributed by atoms with Gasteiger partial charge in [0.2, 0.25) is 0 Å². The van der Waals surface area contributed by atoms with E-state index in [4.69, 9.17) is 5.73 Å². The Bertz CT molecular complexity index is 193. The second-order valence-corrected chi connectivity index (χ2v) is 3.27. The summed E-state index contributed by atoms with van der Waals surface area (Å²) in [6, 6.07) is 1.89. The van der Waals surface area contributed by atoms with E-state index in [9.17, 15) is 5.11 Å². The maximum atomic E-state index is 9.57.